The first kappa shape index (κ1) is 12.7. The van der Waals surface area contributed by atoms with Crippen molar-refractivity contribution in [1.29, 1.82) is 0 Å². The number of nitrogens with zero attached hydrogens (tertiary/aromatic N) is 2. The van der Waals surface area contributed by atoms with Gasteiger partial charge >= 0.3 is 0 Å². The lowest BCUT2D eigenvalue weighted by atomic mass is 10.2. The normalized spacial score (nSPS) is 22.6. The number of hydrogen-bond donors (Lipinski definition) is 0. The van der Waals surface area contributed by atoms with E-state index in [1.165, 1.54) is 4.31 Å². The first-order valence-electron chi connectivity index (χ1n) is 5.25. The molecule has 0 saturated carbocycles. The number of pyridine rings is 1. The zero-order valence-corrected chi connectivity index (χ0v) is 10.6. The topological polar surface area (TPSA) is 50.3 Å². The number of hydrogen-bond acceptors (Lipinski definition) is 3. The van der Waals surface area contributed by atoms with Crippen LogP contribution in [0.3, 0.4) is 0 Å². The molecule has 4 nitrogen and oxygen atoms in total. The molecule has 0 aliphatic carbocycles. The lowest BCUT2D eigenvalue weighted by Crippen LogP contribution is -2.40. The number of aromatic nitrogens is 1. The van der Waals surface area contributed by atoms with E-state index in [0.29, 0.717) is 6.54 Å². The lowest BCUT2D eigenvalue weighted by Gasteiger charge is -2.28. The third kappa shape index (κ3) is 2.75. The molecule has 0 bridgehead atoms. The minimum absolute atomic E-state index is 0.122. The molecule has 0 amide bonds. The van der Waals surface area contributed by atoms with Gasteiger partial charge in [-0.1, -0.05) is 0 Å². The summed E-state index contributed by atoms with van der Waals surface area (Å²) in [5.74, 6) is -0.662. The van der Waals surface area contributed by atoms with Crippen molar-refractivity contribution in [2.75, 3.05) is 13.1 Å². The molecule has 7 heteroatoms. The number of rotatable bonds is 2. The van der Waals surface area contributed by atoms with Crippen LogP contribution in [0.2, 0.25) is 0 Å². The molecule has 1 saturated heterocycles. The number of sulfonamides is 1. The molecule has 0 aromatic carbocycles. The molecule has 2 rings (SSSR count). The van der Waals surface area contributed by atoms with Gasteiger partial charge in [-0.05, 0) is 18.9 Å². The summed E-state index contributed by atoms with van der Waals surface area (Å²) in [7, 11) is -3.67. The van der Waals surface area contributed by atoms with Gasteiger partial charge in [-0.3, -0.25) is 4.98 Å². The van der Waals surface area contributed by atoms with E-state index in [1.807, 2.05) is 0 Å². The monoisotopic (exact) mass is 278 g/mol. The maximum absolute atomic E-state index is 13.0. The molecule has 94 valence electrons. The van der Waals surface area contributed by atoms with E-state index in [0.717, 1.165) is 31.3 Å². The summed E-state index contributed by atoms with van der Waals surface area (Å²) < 4.78 is 38.5. The molecule has 1 aliphatic heterocycles. The summed E-state index contributed by atoms with van der Waals surface area (Å²) in [4.78, 5) is 3.43. The molecule has 17 heavy (non-hydrogen) atoms. The Hall–Kier alpha value is -0.720. The molecule has 0 unspecified atom stereocenters. The highest BCUT2D eigenvalue weighted by Gasteiger charge is 2.29. The summed E-state index contributed by atoms with van der Waals surface area (Å²) in [6, 6.07) is 0.972. The van der Waals surface area contributed by atoms with Crippen molar-refractivity contribution in [2.45, 2.75) is 23.1 Å². The predicted molar refractivity (Wildman–Crippen MR) is 61.8 cm³/mol. The standard InChI is InChI=1S/C10H12ClFN2O2S/c11-8-2-1-3-14(7-8)17(15,16)10-4-9(12)5-13-6-10/h4-6,8H,1-3,7H2/t8-/m1/s1. The fraction of sp³-hybridized carbons (Fsp3) is 0.500. The Morgan fingerprint density at radius 2 is 2.24 bits per heavy atom. The van der Waals surface area contributed by atoms with Gasteiger partial charge in [0.25, 0.3) is 0 Å². The molecular formula is C10H12ClFN2O2S. The highest BCUT2D eigenvalue weighted by Crippen LogP contribution is 2.22. The summed E-state index contributed by atoms with van der Waals surface area (Å²) in [5, 5.41) is -0.181. The highest BCUT2D eigenvalue weighted by atomic mass is 35.5. The minimum atomic E-state index is -3.67. The second kappa shape index (κ2) is 4.88. The summed E-state index contributed by atoms with van der Waals surface area (Å²) in [6.45, 7) is 0.683. The van der Waals surface area contributed by atoms with Gasteiger partial charge in [-0.25, -0.2) is 12.8 Å². The lowest BCUT2D eigenvalue weighted by molar-refractivity contribution is 0.350. The molecule has 1 aromatic rings. The van der Waals surface area contributed by atoms with Gasteiger partial charge in [0.1, 0.15) is 10.7 Å². The third-order valence-electron chi connectivity index (χ3n) is 2.64. The molecule has 1 fully saturated rings. The highest BCUT2D eigenvalue weighted by molar-refractivity contribution is 7.89. The van der Waals surface area contributed by atoms with Crippen LogP contribution in [0.1, 0.15) is 12.8 Å². The van der Waals surface area contributed by atoms with Crippen LogP contribution in [0, 0.1) is 5.82 Å². The molecule has 1 aromatic heterocycles. The van der Waals surface area contributed by atoms with Crippen molar-refractivity contribution in [3.63, 3.8) is 0 Å². The van der Waals surface area contributed by atoms with Crippen molar-refractivity contribution in [3.8, 4) is 0 Å². The predicted octanol–water partition coefficient (Wildman–Crippen LogP) is 1.61. The Labute approximate surface area is 104 Å². The van der Waals surface area contributed by atoms with Gasteiger partial charge in [0.05, 0.1) is 6.20 Å². The molecule has 0 N–H and O–H groups in total. The van der Waals surface area contributed by atoms with Gasteiger partial charge in [0.2, 0.25) is 10.0 Å². The molecule has 1 aliphatic rings. The van der Waals surface area contributed by atoms with Crippen molar-refractivity contribution in [1.82, 2.24) is 9.29 Å². The van der Waals surface area contributed by atoms with Crippen molar-refractivity contribution in [3.05, 3.63) is 24.3 Å². The zero-order chi connectivity index (χ0) is 12.5. The van der Waals surface area contributed by atoms with Crippen molar-refractivity contribution < 1.29 is 12.8 Å². The Morgan fingerprint density at radius 3 is 2.88 bits per heavy atom. The van der Waals surface area contributed by atoms with Crippen molar-refractivity contribution >= 4 is 21.6 Å². The fourth-order valence-electron chi connectivity index (χ4n) is 1.79. The molecule has 1 atom stereocenters. The molecular weight excluding hydrogens is 267 g/mol. The first-order valence-corrected chi connectivity index (χ1v) is 7.12. The Balaban J connectivity index is 2.29. The maximum atomic E-state index is 13.0. The van der Waals surface area contributed by atoms with Gasteiger partial charge in [0.15, 0.2) is 0 Å². The summed E-state index contributed by atoms with van der Waals surface area (Å²) >= 11 is 5.94. The van der Waals surface area contributed by atoms with Gasteiger partial charge in [0, 0.05) is 24.7 Å². The fourth-order valence-corrected chi connectivity index (χ4v) is 3.70. The van der Waals surface area contributed by atoms with Crippen LogP contribution in [-0.4, -0.2) is 36.2 Å². The summed E-state index contributed by atoms with van der Waals surface area (Å²) in [5.41, 5.74) is 0. The van der Waals surface area contributed by atoms with Crippen LogP contribution in [-0.2, 0) is 10.0 Å². The zero-order valence-electron chi connectivity index (χ0n) is 9.01. The van der Waals surface area contributed by atoms with E-state index in [9.17, 15) is 12.8 Å². The van der Waals surface area contributed by atoms with E-state index in [1.54, 1.807) is 0 Å². The number of halogens is 2. The Morgan fingerprint density at radius 1 is 1.47 bits per heavy atom. The number of piperidine rings is 1. The third-order valence-corrected chi connectivity index (χ3v) is 4.83. The Kier molecular flexibility index (Phi) is 3.65. The quantitative estimate of drug-likeness (QED) is 0.773. The smallest absolute Gasteiger partial charge is 0.244 e. The second-order valence-electron chi connectivity index (χ2n) is 3.94. The SMILES string of the molecule is O=S(=O)(c1cncc(F)c1)N1CCC[C@@H](Cl)C1. The minimum Gasteiger partial charge on any atom is -0.260 e. The van der Waals surface area contributed by atoms with E-state index < -0.39 is 15.8 Å². The Bertz CT molecular complexity index is 509. The average Bonchev–Trinajstić information content (AvgIpc) is 2.29. The van der Waals surface area contributed by atoms with E-state index in [2.05, 4.69) is 4.98 Å². The van der Waals surface area contributed by atoms with Crippen molar-refractivity contribution in [2.24, 2.45) is 0 Å². The van der Waals surface area contributed by atoms with E-state index in [-0.39, 0.29) is 16.8 Å². The van der Waals surface area contributed by atoms with Crippen LogP contribution in [0.4, 0.5) is 4.39 Å². The average molecular weight is 279 g/mol. The molecule has 2 heterocycles. The van der Waals surface area contributed by atoms with E-state index in [4.69, 9.17) is 11.6 Å². The van der Waals surface area contributed by atoms with Gasteiger partial charge in [-0.15, -0.1) is 11.6 Å². The summed E-state index contributed by atoms with van der Waals surface area (Å²) in [6.07, 6.45) is 3.64. The largest absolute Gasteiger partial charge is 0.260 e. The number of alkyl halides is 1. The van der Waals surface area contributed by atoms with E-state index >= 15 is 0 Å². The van der Waals surface area contributed by atoms with Gasteiger partial charge < -0.3 is 0 Å². The molecule has 0 radical (unpaired) electrons. The van der Waals surface area contributed by atoms with Crippen LogP contribution in [0.5, 0.6) is 0 Å². The second-order valence-corrected chi connectivity index (χ2v) is 6.50. The maximum Gasteiger partial charge on any atom is 0.244 e. The van der Waals surface area contributed by atoms with Crippen LogP contribution in [0.25, 0.3) is 0 Å². The van der Waals surface area contributed by atoms with Crippen LogP contribution >= 0.6 is 11.6 Å². The van der Waals surface area contributed by atoms with Gasteiger partial charge in [-0.2, -0.15) is 4.31 Å². The van der Waals surface area contributed by atoms with Crippen LogP contribution < -0.4 is 0 Å². The first-order chi connectivity index (χ1) is 8.00. The van der Waals surface area contributed by atoms with Crippen LogP contribution in [0.15, 0.2) is 23.4 Å². The molecule has 0 spiro atoms.